The highest BCUT2D eigenvalue weighted by Crippen LogP contribution is 2.43. The fraction of sp³-hybridized carbons (Fsp3) is 0. The number of fused-ring (bicyclic) bond motifs is 9. The summed E-state index contributed by atoms with van der Waals surface area (Å²) in [6.07, 6.45) is 0. The first-order valence-corrected chi connectivity index (χ1v) is 17.7. The molecule has 4 heteroatoms. The maximum absolute atomic E-state index is 5.42. The first-order chi connectivity index (χ1) is 25.8. The van der Waals surface area contributed by atoms with Crippen molar-refractivity contribution in [2.75, 3.05) is 0 Å². The Bertz CT molecular complexity index is 3160. The van der Waals surface area contributed by atoms with Gasteiger partial charge < -0.3 is 4.57 Å². The van der Waals surface area contributed by atoms with E-state index >= 15 is 0 Å². The average Bonchev–Trinajstić information content (AvgIpc) is 3.72. The van der Waals surface area contributed by atoms with Crippen molar-refractivity contribution in [1.82, 2.24) is 19.1 Å². The third kappa shape index (κ3) is 4.28. The molecule has 0 unspecified atom stereocenters. The molecule has 8 aromatic carbocycles. The van der Waals surface area contributed by atoms with Crippen LogP contribution in [0.1, 0.15) is 0 Å². The average molecular weight is 663 g/mol. The highest BCUT2D eigenvalue weighted by Gasteiger charge is 2.23. The van der Waals surface area contributed by atoms with Crippen LogP contribution >= 0.6 is 0 Å². The lowest BCUT2D eigenvalue weighted by molar-refractivity contribution is 1.08. The molecule has 0 N–H and O–H groups in total. The summed E-state index contributed by atoms with van der Waals surface area (Å²) in [6.45, 7) is 0. The second-order valence-electron chi connectivity index (χ2n) is 13.4. The summed E-state index contributed by atoms with van der Waals surface area (Å²) in [6, 6.07) is 64.8. The largest absolute Gasteiger partial charge is 0.309 e. The molecule has 0 amide bonds. The van der Waals surface area contributed by atoms with E-state index in [2.05, 4.69) is 167 Å². The summed E-state index contributed by atoms with van der Waals surface area (Å²) in [4.78, 5) is 10.7. The highest BCUT2D eigenvalue weighted by atomic mass is 15.1. The van der Waals surface area contributed by atoms with E-state index in [4.69, 9.17) is 9.97 Å². The molecule has 242 valence electrons. The lowest BCUT2D eigenvalue weighted by Crippen LogP contribution is -2.04. The van der Waals surface area contributed by atoms with Crippen LogP contribution in [0.4, 0.5) is 0 Å². The zero-order valence-corrected chi connectivity index (χ0v) is 28.1. The van der Waals surface area contributed by atoms with Gasteiger partial charge in [0, 0.05) is 32.8 Å². The Kier molecular flexibility index (Phi) is 6.22. The van der Waals surface area contributed by atoms with Gasteiger partial charge in [-0.25, -0.2) is 9.97 Å². The van der Waals surface area contributed by atoms with Crippen LogP contribution in [-0.2, 0) is 0 Å². The van der Waals surface area contributed by atoms with Gasteiger partial charge in [-0.05, 0) is 70.4 Å². The number of hydrogen-bond acceptors (Lipinski definition) is 2. The van der Waals surface area contributed by atoms with Gasteiger partial charge in [-0.1, -0.05) is 133 Å². The molecule has 0 saturated carbocycles. The van der Waals surface area contributed by atoms with Crippen LogP contribution in [0.2, 0.25) is 0 Å². The normalized spacial score (nSPS) is 11.8. The fourth-order valence-corrected chi connectivity index (χ4v) is 8.13. The van der Waals surface area contributed by atoms with Gasteiger partial charge in [0.25, 0.3) is 0 Å². The summed E-state index contributed by atoms with van der Waals surface area (Å²) in [5.74, 6) is 0.813. The number of rotatable bonds is 4. The van der Waals surface area contributed by atoms with Gasteiger partial charge in [-0.2, -0.15) is 0 Å². The molecule has 3 heterocycles. The van der Waals surface area contributed by atoms with Gasteiger partial charge in [0.05, 0.1) is 33.1 Å². The third-order valence-electron chi connectivity index (χ3n) is 10.5. The van der Waals surface area contributed by atoms with Gasteiger partial charge in [0.2, 0.25) is 0 Å². The lowest BCUT2D eigenvalue weighted by Gasteiger charge is -2.14. The summed E-state index contributed by atoms with van der Waals surface area (Å²) in [7, 11) is 0. The minimum Gasteiger partial charge on any atom is -0.309 e. The molecule has 0 fully saturated rings. The Morgan fingerprint density at radius 3 is 1.77 bits per heavy atom. The standard InChI is InChI=1S/C48H30N4/c1-4-14-31(15-5-1)34-24-26-37-38-29-39-45(30-44(38)51(43(37)28-34)35-19-8-3-9-20-35)52(42-27-25-32-16-10-11-21-36(32)46(39)42)48-47(33-17-6-2-7-18-33)49-40-22-12-13-23-41(40)50-48/h1-30H. The van der Waals surface area contributed by atoms with Crippen LogP contribution in [0.15, 0.2) is 182 Å². The van der Waals surface area contributed by atoms with E-state index in [1.165, 1.54) is 49.0 Å². The molecule has 3 aromatic heterocycles. The molecule has 0 atom stereocenters. The number of nitrogens with zero attached hydrogens (tertiary/aromatic N) is 4. The highest BCUT2D eigenvalue weighted by molar-refractivity contribution is 6.25. The fourth-order valence-electron chi connectivity index (χ4n) is 8.13. The summed E-state index contributed by atoms with van der Waals surface area (Å²) >= 11 is 0. The van der Waals surface area contributed by atoms with E-state index in [1.54, 1.807) is 0 Å². The van der Waals surface area contributed by atoms with E-state index in [0.29, 0.717) is 0 Å². The third-order valence-corrected chi connectivity index (χ3v) is 10.5. The quantitative estimate of drug-likeness (QED) is 0.188. The molecule has 0 aliphatic heterocycles. The van der Waals surface area contributed by atoms with Gasteiger partial charge in [-0.15, -0.1) is 0 Å². The van der Waals surface area contributed by atoms with E-state index in [0.717, 1.165) is 50.3 Å². The van der Waals surface area contributed by atoms with Crippen LogP contribution in [-0.4, -0.2) is 19.1 Å². The summed E-state index contributed by atoms with van der Waals surface area (Å²) in [5.41, 5.74) is 11.6. The Morgan fingerprint density at radius 1 is 0.346 bits per heavy atom. The van der Waals surface area contributed by atoms with E-state index in [-0.39, 0.29) is 0 Å². The molecule has 0 aliphatic carbocycles. The smallest absolute Gasteiger partial charge is 0.165 e. The molecule has 0 radical (unpaired) electrons. The molecule has 11 aromatic rings. The number of benzene rings is 8. The van der Waals surface area contributed by atoms with Crippen molar-refractivity contribution in [3.8, 4) is 33.9 Å². The Balaban J connectivity index is 1.33. The summed E-state index contributed by atoms with van der Waals surface area (Å²) < 4.78 is 4.77. The maximum atomic E-state index is 5.42. The maximum Gasteiger partial charge on any atom is 0.165 e. The van der Waals surface area contributed by atoms with E-state index < -0.39 is 0 Å². The Labute approximate surface area is 299 Å². The molecule has 11 rings (SSSR count). The SMILES string of the molecule is c1ccc(-c2ccc3c4cc5c6c7ccccc7ccc6n(-c6nc7ccccc7nc6-c6ccccc6)c5cc4n(-c4ccccc4)c3c2)cc1. The van der Waals surface area contributed by atoms with Crippen molar-refractivity contribution < 1.29 is 0 Å². The Hall–Kier alpha value is -7.04. The van der Waals surface area contributed by atoms with Crippen molar-refractivity contribution in [1.29, 1.82) is 0 Å². The molecular formula is C48H30N4. The molecule has 0 aliphatic rings. The van der Waals surface area contributed by atoms with Crippen molar-refractivity contribution in [3.63, 3.8) is 0 Å². The number of para-hydroxylation sites is 3. The summed E-state index contributed by atoms with van der Waals surface area (Å²) in [5, 5.41) is 7.26. The van der Waals surface area contributed by atoms with Gasteiger partial charge >= 0.3 is 0 Å². The molecular weight excluding hydrogens is 633 g/mol. The zero-order valence-electron chi connectivity index (χ0n) is 28.1. The van der Waals surface area contributed by atoms with Crippen molar-refractivity contribution in [2.24, 2.45) is 0 Å². The van der Waals surface area contributed by atoms with Crippen LogP contribution in [0.25, 0.3) is 99.3 Å². The molecule has 0 bridgehead atoms. The molecule has 4 nitrogen and oxygen atoms in total. The molecule has 52 heavy (non-hydrogen) atoms. The van der Waals surface area contributed by atoms with Crippen LogP contribution < -0.4 is 0 Å². The monoisotopic (exact) mass is 662 g/mol. The van der Waals surface area contributed by atoms with Crippen molar-refractivity contribution in [3.05, 3.63) is 182 Å². The van der Waals surface area contributed by atoms with Gasteiger partial charge in [0.1, 0.15) is 5.69 Å². The predicted octanol–water partition coefficient (Wildman–Crippen LogP) is 12.3. The Morgan fingerprint density at radius 2 is 0.981 bits per heavy atom. The van der Waals surface area contributed by atoms with E-state index in [1.807, 2.05) is 24.3 Å². The minimum atomic E-state index is 0.813. The van der Waals surface area contributed by atoms with Crippen LogP contribution in [0, 0.1) is 0 Å². The van der Waals surface area contributed by atoms with Crippen LogP contribution in [0.5, 0.6) is 0 Å². The predicted molar refractivity (Wildman–Crippen MR) is 217 cm³/mol. The number of hydrogen-bond donors (Lipinski definition) is 0. The van der Waals surface area contributed by atoms with Crippen LogP contribution in [0.3, 0.4) is 0 Å². The van der Waals surface area contributed by atoms with Gasteiger partial charge in [0.15, 0.2) is 5.82 Å². The van der Waals surface area contributed by atoms with E-state index in [9.17, 15) is 0 Å². The minimum absolute atomic E-state index is 0.813. The molecule has 0 saturated heterocycles. The van der Waals surface area contributed by atoms with Crippen molar-refractivity contribution in [2.45, 2.75) is 0 Å². The second-order valence-corrected chi connectivity index (χ2v) is 13.4. The van der Waals surface area contributed by atoms with Crippen molar-refractivity contribution >= 4 is 65.4 Å². The van der Waals surface area contributed by atoms with Gasteiger partial charge in [-0.3, -0.25) is 4.57 Å². The zero-order chi connectivity index (χ0) is 34.2. The first kappa shape index (κ1) is 28.8. The first-order valence-electron chi connectivity index (χ1n) is 17.7. The topological polar surface area (TPSA) is 35.6 Å². The molecule has 0 spiro atoms. The lowest BCUT2D eigenvalue weighted by atomic mass is 10.0. The second kappa shape index (κ2) is 11.2. The number of aromatic nitrogens is 4.